The van der Waals surface area contributed by atoms with Gasteiger partial charge in [-0.2, -0.15) is 0 Å². The molecule has 30 heavy (non-hydrogen) atoms. The summed E-state index contributed by atoms with van der Waals surface area (Å²) in [5.74, 6) is 0.170. The molecule has 1 fully saturated rings. The highest BCUT2D eigenvalue weighted by molar-refractivity contribution is 7.89. The second-order valence-electron chi connectivity index (χ2n) is 7.36. The molecular weight excluding hydrogens is 406 g/mol. The Labute approximate surface area is 177 Å². The number of carbonyl (C=O) groups excluding carboxylic acids is 1. The predicted octanol–water partition coefficient (Wildman–Crippen LogP) is 3.59. The van der Waals surface area contributed by atoms with Gasteiger partial charge < -0.3 is 14.2 Å². The van der Waals surface area contributed by atoms with Gasteiger partial charge in [0, 0.05) is 11.6 Å². The molecule has 2 aromatic carbocycles. The zero-order chi connectivity index (χ0) is 21.7. The van der Waals surface area contributed by atoms with Crippen LogP contribution in [-0.4, -0.2) is 34.6 Å². The topological polar surface area (TPSA) is 90.9 Å². The van der Waals surface area contributed by atoms with Crippen molar-refractivity contribution in [1.82, 2.24) is 4.72 Å². The number of sulfonamides is 1. The van der Waals surface area contributed by atoms with E-state index in [-0.39, 0.29) is 28.9 Å². The summed E-state index contributed by atoms with van der Waals surface area (Å²) in [6.45, 7) is 1.95. The quantitative estimate of drug-likeness (QED) is 0.640. The summed E-state index contributed by atoms with van der Waals surface area (Å²) in [4.78, 5) is 12.5. The number of esters is 1. The number of hydrogen-bond acceptors (Lipinski definition) is 6. The Kier molecular flexibility index (Phi) is 6.99. The Balaban J connectivity index is 1.80. The van der Waals surface area contributed by atoms with Crippen LogP contribution in [0.3, 0.4) is 0 Å². The molecule has 162 valence electrons. The fraction of sp³-hybridized carbons (Fsp3) is 0.409. The minimum atomic E-state index is -3.83. The van der Waals surface area contributed by atoms with Crippen molar-refractivity contribution in [2.24, 2.45) is 0 Å². The van der Waals surface area contributed by atoms with Gasteiger partial charge in [0.05, 0.1) is 19.8 Å². The zero-order valence-electron chi connectivity index (χ0n) is 17.4. The molecule has 2 aromatic rings. The molecule has 0 spiro atoms. The van der Waals surface area contributed by atoms with Crippen molar-refractivity contribution in [3.05, 3.63) is 53.1 Å². The van der Waals surface area contributed by atoms with Crippen LogP contribution in [0.4, 0.5) is 0 Å². The Hall–Kier alpha value is -2.58. The minimum Gasteiger partial charge on any atom is -0.496 e. The summed E-state index contributed by atoms with van der Waals surface area (Å²) in [6.07, 6.45) is 3.61. The van der Waals surface area contributed by atoms with Gasteiger partial charge in [-0.25, -0.2) is 17.9 Å². The average molecular weight is 434 g/mol. The summed E-state index contributed by atoms with van der Waals surface area (Å²) in [7, 11) is -0.884. The number of hydrogen-bond donors (Lipinski definition) is 1. The molecule has 0 saturated heterocycles. The molecule has 0 heterocycles. The van der Waals surface area contributed by atoms with Crippen molar-refractivity contribution in [1.29, 1.82) is 0 Å². The van der Waals surface area contributed by atoms with Crippen molar-refractivity contribution in [3.63, 3.8) is 0 Å². The van der Waals surface area contributed by atoms with Gasteiger partial charge in [-0.15, -0.1) is 0 Å². The fourth-order valence-electron chi connectivity index (χ4n) is 3.59. The van der Waals surface area contributed by atoms with Crippen LogP contribution < -0.4 is 14.2 Å². The number of rotatable bonds is 8. The van der Waals surface area contributed by atoms with E-state index in [4.69, 9.17) is 14.2 Å². The van der Waals surface area contributed by atoms with Gasteiger partial charge >= 0.3 is 5.97 Å². The van der Waals surface area contributed by atoms with Crippen LogP contribution in [0.2, 0.25) is 0 Å². The highest BCUT2D eigenvalue weighted by Crippen LogP contribution is 2.28. The molecule has 3 rings (SSSR count). The van der Waals surface area contributed by atoms with Crippen LogP contribution in [0.25, 0.3) is 0 Å². The third-order valence-corrected chi connectivity index (χ3v) is 6.70. The molecule has 8 heteroatoms. The molecule has 0 aromatic heterocycles. The van der Waals surface area contributed by atoms with Gasteiger partial charge in [0.2, 0.25) is 10.0 Å². The van der Waals surface area contributed by atoms with Crippen LogP contribution in [-0.2, 0) is 21.4 Å². The van der Waals surface area contributed by atoms with E-state index in [0.29, 0.717) is 5.75 Å². The predicted molar refractivity (Wildman–Crippen MR) is 112 cm³/mol. The van der Waals surface area contributed by atoms with E-state index in [0.717, 1.165) is 36.8 Å². The van der Waals surface area contributed by atoms with E-state index in [1.807, 2.05) is 25.1 Å². The molecule has 0 bridgehead atoms. The maximum absolute atomic E-state index is 12.9. The first-order valence-corrected chi connectivity index (χ1v) is 11.3. The van der Waals surface area contributed by atoms with Crippen molar-refractivity contribution < 1.29 is 27.4 Å². The molecule has 1 saturated carbocycles. The van der Waals surface area contributed by atoms with E-state index in [2.05, 4.69) is 4.72 Å². The molecule has 7 nitrogen and oxygen atoms in total. The molecule has 0 unspecified atom stereocenters. The first-order chi connectivity index (χ1) is 14.3. The molecular formula is C22H27NO6S. The molecule has 0 aliphatic heterocycles. The number of methoxy groups -OCH3 is 2. The number of ether oxygens (including phenoxy) is 3. The minimum absolute atomic E-state index is 0.0120. The van der Waals surface area contributed by atoms with E-state index in [9.17, 15) is 13.2 Å². The second kappa shape index (κ2) is 9.49. The summed E-state index contributed by atoms with van der Waals surface area (Å²) in [5, 5.41) is 0. The Bertz CT molecular complexity index is 1010. The van der Waals surface area contributed by atoms with Crippen molar-refractivity contribution in [2.45, 2.75) is 50.2 Å². The van der Waals surface area contributed by atoms with E-state index >= 15 is 0 Å². The van der Waals surface area contributed by atoms with Crippen LogP contribution in [0.5, 0.6) is 11.5 Å². The third-order valence-electron chi connectivity index (χ3n) is 5.16. The fourth-order valence-corrected chi connectivity index (χ4v) is 5.09. The molecule has 1 aliphatic rings. The van der Waals surface area contributed by atoms with Crippen LogP contribution in [0.15, 0.2) is 41.3 Å². The summed E-state index contributed by atoms with van der Waals surface area (Å²) in [6, 6.07) is 9.75. The molecule has 0 atom stereocenters. The monoisotopic (exact) mass is 433 g/mol. The van der Waals surface area contributed by atoms with Crippen LogP contribution in [0, 0.1) is 6.92 Å². The molecule has 1 aliphatic carbocycles. The van der Waals surface area contributed by atoms with Gasteiger partial charge in [-0.1, -0.05) is 24.5 Å². The molecule has 0 amide bonds. The summed E-state index contributed by atoms with van der Waals surface area (Å²) < 4.78 is 44.4. The Morgan fingerprint density at radius 3 is 2.37 bits per heavy atom. The number of aryl methyl sites for hydroxylation is 1. The highest BCUT2D eigenvalue weighted by Gasteiger charge is 2.27. The van der Waals surface area contributed by atoms with Crippen molar-refractivity contribution >= 4 is 16.0 Å². The lowest BCUT2D eigenvalue weighted by Gasteiger charge is -2.16. The summed E-state index contributed by atoms with van der Waals surface area (Å²) >= 11 is 0. The number of nitrogens with one attached hydrogen (secondary N) is 1. The molecule has 0 radical (unpaired) electrons. The smallest absolute Gasteiger partial charge is 0.338 e. The first kappa shape index (κ1) is 22.1. The van der Waals surface area contributed by atoms with Crippen molar-refractivity contribution in [2.75, 3.05) is 14.2 Å². The second-order valence-corrected chi connectivity index (χ2v) is 9.04. The maximum Gasteiger partial charge on any atom is 0.338 e. The summed E-state index contributed by atoms with van der Waals surface area (Å²) in [5.41, 5.74) is 1.88. The maximum atomic E-state index is 12.9. The van der Waals surface area contributed by atoms with E-state index in [1.54, 1.807) is 7.11 Å². The number of benzene rings is 2. The van der Waals surface area contributed by atoms with Gasteiger partial charge in [0.1, 0.15) is 23.0 Å². The normalized spacial score (nSPS) is 14.5. The van der Waals surface area contributed by atoms with Gasteiger partial charge in [0.15, 0.2) is 0 Å². The standard InChI is InChI=1S/C22H27NO6S/c1-15-8-10-19(27-2)17(12-15)14-29-22(24)16-9-11-20(28-3)21(13-16)30(25,26)23-18-6-4-5-7-18/h8-13,18,23H,4-7,14H2,1-3H3. The Morgan fingerprint density at radius 1 is 1.03 bits per heavy atom. The Morgan fingerprint density at radius 2 is 1.70 bits per heavy atom. The van der Waals surface area contributed by atoms with Gasteiger partial charge in [0.25, 0.3) is 0 Å². The van der Waals surface area contributed by atoms with Crippen LogP contribution in [0.1, 0.15) is 47.2 Å². The van der Waals surface area contributed by atoms with E-state index in [1.165, 1.54) is 25.3 Å². The van der Waals surface area contributed by atoms with Gasteiger partial charge in [-0.05, 0) is 50.1 Å². The van der Waals surface area contributed by atoms with Crippen molar-refractivity contribution in [3.8, 4) is 11.5 Å². The average Bonchev–Trinajstić information content (AvgIpc) is 3.24. The van der Waals surface area contributed by atoms with Gasteiger partial charge in [-0.3, -0.25) is 0 Å². The first-order valence-electron chi connectivity index (χ1n) is 9.85. The largest absolute Gasteiger partial charge is 0.496 e. The number of carbonyl (C=O) groups is 1. The highest BCUT2D eigenvalue weighted by atomic mass is 32.2. The van der Waals surface area contributed by atoms with E-state index < -0.39 is 16.0 Å². The lowest BCUT2D eigenvalue weighted by Crippen LogP contribution is -2.33. The SMILES string of the molecule is COc1ccc(C)cc1COC(=O)c1ccc(OC)c(S(=O)(=O)NC2CCCC2)c1. The molecule has 1 N–H and O–H groups in total. The lowest BCUT2D eigenvalue weighted by atomic mass is 10.1. The van der Waals surface area contributed by atoms with Crippen LogP contribution >= 0.6 is 0 Å². The lowest BCUT2D eigenvalue weighted by molar-refractivity contribution is 0.0469. The third kappa shape index (κ3) is 5.12. The zero-order valence-corrected chi connectivity index (χ0v) is 18.3.